The maximum Gasteiger partial charge on any atom is 0.246 e. The fourth-order valence-electron chi connectivity index (χ4n) is 5.55. The zero-order chi connectivity index (χ0) is 24.0. The number of aromatic nitrogens is 1. The highest BCUT2D eigenvalue weighted by atomic mass is 16.2. The van der Waals surface area contributed by atoms with Crippen LogP contribution in [-0.2, 0) is 16.0 Å². The molecule has 2 atom stereocenters. The van der Waals surface area contributed by atoms with E-state index in [1.54, 1.807) is 4.90 Å². The Balaban J connectivity index is 1.57. The minimum atomic E-state index is -0.463. The Morgan fingerprint density at radius 1 is 1.06 bits per heavy atom. The monoisotopic (exact) mass is 459 g/mol. The number of carbonyl (C=O) groups excluding carboxylic acids is 2. The van der Waals surface area contributed by atoms with Crippen molar-refractivity contribution in [1.29, 1.82) is 0 Å². The molecule has 6 heteroatoms. The molecule has 2 amide bonds. The van der Waals surface area contributed by atoms with Gasteiger partial charge < -0.3 is 19.7 Å². The first-order valence-electron chi connectivity index (χ1n) is 12.4. The lowest BCUT2D eigenvalue weighted by Gasteiger charge is -2.47. The molecule has 1 fully saturated rings. The number of fused-ring (bicyclic) bond motifs is 4. The number of rotatable bonds is 6. The molecule has 0 bridgehead atoms. The molecule has 0 unspecified atom stereocenters. The molecule has 1 aromatic heterocycles. The van der Waals surface area contributed by atoms with Crippen LogP contribution in [0.2, 0.25) is 0 Å². The van der Waals surface area contributed by atoms with Gasteiger partial charge in [-0.05, 0) is 28.7 Å². The highest BCUT2D eigenvalue weighted by Crippen LogP contribution is 2.42. The van der Waals surface area contributed by atoms with E-state index >= 15 is 0 Å². The Morgan fingerprint density at radius 3 is 2.50 bits per heavy atom. The number of amides is 2. The van der Waals surface area contributed by atoms with Gasteiger partial charge in [0.2, 0.25) is 11.8 Å². The summed E-state index contributed by atoms with van der Waals surface area (Å²) in [5.74, 6) is 0.546. The molecule has 2 N–H and O–H groups in total. The van der Waals surface area contributed by atoms with Gasteiger partial charge in [-0.15, -0.1) is 0 Å². The highest BCUT2D eigenvalue weighted by Gasteiger charge is 2.48. The van der Waals surface area contributed by atoms with E-state index in [2.05, 4.69) is 69.3 Å². The summed E-state index contributed by atoms with van der Waals surface area (Å²) < 4.78 is 0. The van der Waals surface area contributed by atoms with Gasteiger partial charge in [0.15, 0.2) is 0 Å². The van der Waals surface area contributed by atoms with Gasteiger partial charge >= 0.3 is 0 Å². The van der Waals surface area contributed by atoms with E-state index in [1.807, 2.05) is 17.0 Å². The molecule has 3 heterocycles. The second-order valence-electron chi connectivity index (χ2n) is 10.4. The molecule has 3 aromatic rings. The topological polar surface area (TPSA) is 60.9 Å². The van der Waals surface area contributed by atoms with Crippen molar-refractivity contribution in [2.45, 2.75) is 44.7 Å². The minimum absolute atomic E-state index is 0.0315. The van der Waals surface area contributed by atoms with Crippen LogP contribution in [-0.4, -0.2) is 66.4 Å². The van der Waals surface area contributed by atoms with E-state index in [4.69, 9.17) is 0 Å². The molecular weight excluding hydrogens is 424 g/mol. The van der Waals surface area contributed by atoms with Gasteiger partial charge in [-0.25, -0.2) is 0 Å². The van der Waals surface area contributed by atoms with Crippen LogP contribution in [0, 0.1) is 0 Å². The fraction of sp³-hybridized carbons (Fsp3) is 0.429. The van der Waals surface area contributed by atoms with E-state index in [0.717, 1.165) is 40.7 Å². The zero-order valence-electron chi connectivity index (χ0n) is 20.6. The Labute approximate surface area is 201 Å². The molecule has 0 spiro atoms. The predicted octanol–water partition coefficient (Wildman–Crippen LogP) is 2.51. The summed E-state index contributed by atoms with van der Waals surface area (Å²) in [6, 6.07) is 16.1. The summed E-state index contributed by atoms with van der Waals surface area (Å²) in [6.45, 7) is 6.13. The number of H-pyrrole nitrogens is 1. The van der Waals surface area contributed by atoms with Crippen LogP contribution in [0.5, 0.6) is 0 Å². The molecule has 0 aliphatic carbocycles. The molecule has 1 saturated heterocycles. The highest BCUT2D eigenvalue weighted by molar-refractivity contribution is 5.97. The fourth-order valence-corrected chi connectivity index (χ4v) is 5.55. The standard InChI is InChI=1S/C28H34N4O2/c1-18(2)19-10-12-20(13-11-19)27-26-22(21-8-5-6-9-23(21)29-26)16-24-28(34)31(15-7-14-30(3)4)17-25(33)32(24)27/h5-6,8-13,18,24,27,29H,7,14-17H2,1-4H3/p+1/t24-,27-/m1/s1. The van der Waals surface area contributed by atoms with E-state index < -0.39 is 6.04 Å². The van der Waals surface area contributed by atoms with E-state index in [0.29, 0.717) is 18.9 Å². The third-order valence-electron chi connectivity index (χ3n) is 7.37. The van der Waals surface area contributed by atoms with Gasteiger partial charge in [-0.2, -0.15) is 0 Å². The average Bonchev–Trinajstić information content (AvgIpc) is 3.19. The van der Waals surface area contributed by atoms with Gasteiger partial charge in [0.1, 0.15) is 6.04 Å². The first-order valence-corrected chi connectivity index (χ1v) is 12.4. The number of benzene rings is 2. The molecular formula is C28H35N4O2+. The summed E-state index contributed by atoms with van der Waals surface area (Å²) in [6.07, 6.45) is 1.45. The average molecular weight is 460 g/mol. The molecule has 34 heavy (non-hydrogen) atoms. The summed E-state index contributed by atoms with van der Waals surface area (Å²) in [5.41, 5.74) is 5.58. The van der Waals surface area contributed by atoms with Crippen molar-refractivity contribution in [2.24, 2.45) is 0 Å². The molecule has 178 valence electrons. The normalized spacial score (nSPS) is 20.4. The maximum absolute atomic E-state index is 13.7. The number of quaternary nitrogens is 1. The third kappa shape index (κ3) is 3.90. The summed E-state index contributed by atoms with van der Waals surface area (Å²) in [4.78, 5) is 35.9. The molecule has 2 aliphatic rings. The van der Waals surface area contributed by atoms with Crippen LogP contribution >= 0.6 is 0 Å². The second kappa shape index (κ2) is 8.91. The van der Waals surface area contributed by atoms with Gasteiger partial charge in [-0.1, -0.05) is 56.3 Å². The smallest absolute Gasteiger partial charge is 0.246 e. The largest absolute Gasteiger partial charge is 0.356 e. The SMILES string of the molecule is CC(C)c1ccc([C@@H]2c3[nH]c4ccccc4c3C[C@@H]3C(=O)N(CCC[NH+](C)C)CC(=O)N23)cc1. The quantitative estimate of drug-likeness (QED) is 0.595. The third-order valence-corrected chi connectivity index (χ3v) is 7.37. The molecule has 5 rings (SSSR count). The van der Waals surface area contributed by atoms with E-state index in [1.165, 1.54) is 10.5 Å². The maximum atomic E-state index is 13.7. The van der Waals surface area contributed by atoms with Crippen molar-refractivity contribution in [2.75, 3.05) is 33.7 Å². The number of nitrogens with zero attached hydrogens (tertiary/aromatic N) is 2. The predicted molar refractivity (Wildman–Crippen MR) is 134 cm³/mol. The van der Waals surface area contributed by atoms with Crippen molar-refractivity contribution in [3.8, 4) is 0 Å². The van der Waals surface area contributed by atoms with Crippen LogP contribution < -0.4 is 4.90 Å². The summed E-state index contributed by atoms with van der Waals surface area (Å²) in [7, 11) is 4.22. The number of aromatic amines is 1. The van der Waals surface area contributed by atoms with Crippen LogP contribution in [0.15, 0.2) is 48.5 Å². The van der Waals surface area contributed by atoms with Gasteiger partial charge in [0.05, 0.1) is 33.2 Å². The Hall–Kier alpha value is -3.12. The van der Waals surface area contributed by atoms with Crippen LogP contribution in [0.4, 0.5) is 0 Å². The van der Waals surface area contributed by atoms with Crippen molar-refractivity contribution < 1.29 is 14.5 Å². The number of hydrogen-bond acceptors (Lipinski definition) is 2. The van der Waals surface area contributed by atoms with Crippen molar-refractivity contribution in [3.05, 3.63) is 70.9 Å². The molecule has 2 aromatic carbocycles. The number of nitrogens with one attached hydrogen (secondary N) is 2. The summed E-state index contributed by atoms with van der Waals surface area (Å²) >= 11 is 0. The Kier molecular flexibility index (Phi) is 5.94. The molecule has 0 saturated carbocycles. The first-order chi connectivity index (χ1) is 16.3. The number of para-hydroxylation sites is 1. The van der Waals surface area contributed by atoms with Gasteiger partial charge in [0, 0.05) is 36.0 Å². The summed E-state index contributed by atoms with van der Waals surface area (Å²) in [5, 5.41) is 1.15. The zero-order valence-corrected chi connectivity index (χ0v) is 20.6. The van der Waals surface area contributed by atoms with E-state index in [-0.39, 0.29) is 24.4 Å². The van der Waals surface area contributed by atoms with Crippen molar-refractivity contribution in [1.82, 2.24) is 14.8 Å². The second-order valence-corrected chi connectivity index (χ2v) is 10.4. The van der Waals surface area contributed by atoms with Crippen LogP contribution in [0.1, 0.15) is 54.6 Å². The molecule has 0 radical (unpaired) electrons. The lowest BCUT2D eigenvalue weighted by molar-refractivity contribution is -0.858. The number of carbonyl (C=O) groups is 2. The lowest BCUT2D eigenvalue weighted by atomic mass is 9.85. The molecule has 2 aliphatic heterocycles. The minimum Gasteiger partial charge on any atom is -0.356 e. The molecule has 6 nitrogen and oxygen atoms in total. The van der Waals surface area contributed by atoms with Gasteiger partial charge in [0.25, 0.3) is 0 Å². The number of hydrogen-bond donors (Lipinski definition) is 2. The van der Waals surface area contributed by atoms with E-state index in [9.17, 15) is 9.59 Å². The van der Waals surface area contributed by atoms with Crippen LogP contribution in [0.3, 0.4) is 0 Å². The van der Waals surface area contributed by atoms with Crippen molar-refractivity contribution in [3.63, 3.8) is 0 Å². The van der Waals surface area contributed by atoms with Crippen molar-refractivity contribution >= 4 is 22.7 Å². The first kappa shape index (κ1) is 22.7. The van der Waals surface area contributed by atoms with Gasteiger partial charge in [-0.3, -0.25) is 9.59 Å². The Bertz CT molecular complexity index is 1210. The lowest BCUT2D eigenvalue weighted by Crippen LogP contribution is -3.05. The van der Waals surface area contributed by atoms with Crippen LogP contribution in [0.25, 0.3) is 10.9 Å². The number of piperazine rings is 1. The Morgan fingerprint density at radius 2 is 1.79 bits per heavy atom.